The van der Waals surface area contributed by atoms with Gasteiger partial charge < -0.3 is 5.32 Å². The Hall–Kier alpha value is -0.340. The first-order valence-corrected chi connectivity index (χ1v) is 9.44. The summed E-state index contributed by atoms with van der Waals surface area (Å²) in [5.74, 6) is 2.43. The second kappa shape index (κ2) is 6.83. The first-order chi connectivity index (χ1) is 9.79. The fourth-order valence-electron chi connectivity index (χ4n) is 3.74. The van der Waals surface area contributed by atoms with Gasteiger partial charge in [-0.2, -0.15) is 0 Å². The van der Waals surface area contributed by atoms with E-state index in [-0.39, 0.29) is 0 Å². The molecule has 120 valence electrons. The van der Waals surface area contributed by atoms with Gasteiger partial charge in [0, 0.05) is 10.9 Å². The molecule has 0 spiro atoms. The molecule has 0 bridgehead atoms. The van der Waals surface area contributed by atoms with Crippen molar-refractivity contribution in [2.24, 2.45) is 17.3 Å². The Morgan fingerprint density at radius 3 is 2.52 bits per heavy atom. The topological polar surface area (TPSA) is 12.0 Å². The molecule has 0 radical (unpaired) electrons. The summed E-state index contributed by atoms with van der Waals surface area (Å²) in [6.45, 7) is 15.2. The standard InChI is InChI=1S/C19H33NS/c1-13(2)20-12-15-7-8-16(19(4,5)6)11-17(15)18-14(3)9-10-21-18/h9-10,13,15-17,20H,7-8,11-12H2,1-6H3. The maximum atomic E-state index is 3.68. The zero-order chi connectivity index (χ0) is 15.6. The van der Waals surface area contributed by atoms with Gasteiger partial charge in [-0.15, -0.1) is 11.3 Å². The van der Waals surface area contributed by atoms with Crippen LogP contribution in [0.4, 0.5) is 0 Å². The van der Waals surface area contributed by atoms with E-state index in [1.54, 1.807) is 4.88 Å². The minimum Gasteiger partial charge on any atom is -0.314 e. The number of thiophene rings is 1. The summed E-state index contributed by atoms with van der Waals surface area (Å²) >= 11 is 1.98. The van der Waals surface area contributed by atoms with E-state index in [1.165, 1.54) is 31.4 Å². The number of rotatable bonds is 4. The minimum atomic E-state index is 0.444. The zero-order valence-electron chi connectivity index (χ0n) is 14.7. The van der Waals surface area contributed by atoms with Crippen molar-refractivity contribution in [2.75, 3.05) is 6.54 Å². The minimum absolute atomic E-state index is 0.444. The van der Waals surface area contributed by atoms with Gasteiger partial charge in [0.25, 0.3) is 0 Å². The second-order valence-corrected chi connectivity index (χ2v) is 9.22. The molecule has 21 heavy (non-hydrogen) atoms. The van der Waals surface area contributed by atoms with Crippen molar-refractivity contribution in [3.63, 3.8) is 0 Å². The fourth-order valence-corrected chi connectivity index (χ4v) is 4.87. The van der Waals surface area contributed by atoms with E-state index in [0.29, 0.717) is 11.5 Å². The van der Waals surface area contributed by atoms with E-state index in [0.717, 1.165) is 17.8 Å². The van der Waals surface area contributed by atoms with Gasteiger partial charge in [0.2, 0.25) is 0 Å². The zero-order valence-corrected chi connectivity index (χ0v) is 15.5. The Morgan fingerprint density at radius 1 is 1.29 bits per heavy atom. The molecule has 1 aromatic rings. The van der Waals surface area contributed by atoms with Crippen molar-refractivity contribution >= 4 is 11.3 Å². The summed E-state index contributed by atoms with van der Waals surface area (Å²) in [6, 6.07) is 2.89. The molecular weight excluding hydrogens is 274 g/mol. The monoisotopic (exact) mass is 307 g/mol. The average molecular weight is 308 g/mol. The molecule has 1 saturated carbocycles. The van der Waals surface area contributed by atoms with Crippen LogP contribution in [0.1, 0.15) is 70.2 Å². The lowest BCUT2D eigenvalue weighted by atomic mass is 9.65. The van der Waals surface area contributed by atoms with E-state index in [1.807, 2.05) is 11.3 Å². The van der Waals surface area contributed by atoms with Gasteiger partial charge in [0.1, 0.15) is 0 Å². The molecule has 1 N–H and O–H groups in total. The summed E-state index contributed by atoms with van der Waals surface area (Å²) in [5, 5.41) is 5.96. The summed E-state index contributed by atoms with van der Waals surface area (Å²) in [4.78, 5) is 1.65. The number of nitrogens with one attached hydrogen (secondary N) is 1. The molecule has 0 amide bonds. The van der Waals surface area contributed by atoms with Crippen LogP contribution in [0.5, 0.6) is 0 Å². The molecule has 0 aromatic carbocycles. The molecule has 1 fully saturated rings. The Labute approximate surface area is 135 Å². The first-order valence-electron chi connectivity index (χ1n) is 8.56. The Morgan fingerprint density at radius 2 is 2.00 bits per heavy atom. The van der Waals surface area contributed by atoms with E-state index >= 15 is 0 Å². The molecule has 1 heterocycles. The number of hydrogen-bond acceptors (Lipinski definition) is 2. The van der Waals surface area contributed by atoms with Crippen molar-refractivity contribution in [3.8, 4) is 0 Å². The quantitative estimate of drug-likeness (QED) is 0.763. The van der Waals surface area contributed by atoms with E-state index < -0.39 is 0 Å². The van der Waals surface area contributed by atoms with E-state index in [2.05, 4.69) is 58.3 Å². The van der Waals surface area contributed by atoms with Gasteiger partial charge in [0.05, 0.1) is 0 Å². The Bertz CT molecular complexity index is 441. The molecule has 1 aliphatic rings. The van der Waals surface area contributed by atoms with Crippen LogP contribution < -0.4 is 5.32 Å². The molecule has 0 saturated heterocycles. The van der Waals surface area contributed by atoms with Crippen molar-refractivity contribution in [3.05, 3.63) is 21.9 Å². The van der Waals surface area contributed by atoms with Crippen molar-refractivity contribution < 1.29 is 0 Å². The largest absolute Gasteiger partial charge is 0.314 e. The van der Waals surface area contributed by atoms with Gasteiger partial charge in [-0.1, -0.05) is 34.6 Å². The van der Waals surface area contributed by atoms with Gasteiger partial charge in [-0.25, -0.2) is 0 Å². The van der Waals surface area contributed by atoms with E-state index in [4.69, 9.17) is 0 Å². The highest BCUT2D eigenvalue weighted by molar-refractivity contribution is 7.10. The predicted octanol–water partition coefficient (Wildman–Crippen LogP) is 5.60. The summed E-state index contributed by atoms with van der Waals surface area (Å²) in [6.07, 6.45) is 4.15. The van der Waals surface area contributed by atoms with Crippen LogP contribution in [0.25, 0.3) is 0 Å². The average Bonchev–Trinajstić information content (AvgIpc) is 2.81. The van der Waals surface area contributed by atoms with Crippen LogP contribution in [0.3, 0.4) is 0 Å². The third-order valence-corrected chi connectivity index (χ3v) is 6.40. The third kappa shape index (κ3) is 4.32. The van der Waals surface area contributed by atoms with Gasteiger partial charge >= 0.3 is 0 Å². The molecular formula is C19H33NS. The summed E-state index contributed by atoms with van der Waals surface area (Å²) < 4.78 is 0. The molecule has 1 nitrogen and oxygen atoms in total. The highest BCUT2D eigenvalue weighted by atomic mass is 32.1. The molecule has 3 unspecified atom stereocenters. The Kier molecular flexibility index (Phi) is 5.54. The normalized spacial score (nSPS) is 27.3. The van der Waals surface area contributed by atoms with Crippen LogP contribution in [0.15, 0.2) is 11.4 Å². The smallest absolute Gasteiger partial charge is 0.0109 e. The van der Waals surface area contributed by atoms with Crippen molar-refractivity contribution in [1.29, 1.82) is 0 Å². The highest BCUT2D eigenvalue weighted by Crippen LogP contribution is 2.48. The molecule has 0 aliphatic heterocycles. The van der Waals surface area contributed by atoms with Crippen LogP contribution in [0.2, 0.25) is 0 Å². The lowest BCUT2D eigenvalue weighted by molar-refractivity contribution is 0.129. The predicted molar refractivity (Wildman–Crippen MR) is 95.2 cm³/mol. The molecule has 1 aliphatic carbocycles. The third-order valence-electron chi connectivity index (χ3n) is 5.24. The number of aryl methyl sites for hydroxylation is 1. The molecule has 3 atom stereocenters. The maximum absolute atomic E-state index is 3.68. The van der Waals surface area contributed by atoms with E-state index in [9.17, 15) is 0 Å². The Balaban J connectivity index is 2.16. The SMILES string of the molecule is Cc1ccsc1C1CC(C(C)(C)C)CCC1CNC(C)C. The maximum Gasteiger partial charge on any atom is 0.0109 e. The lowest BCUT2D eigenvalue weighted by Gasteiger charge is -2.42. The van der Waals surface area contributed by atoms with Crippen molar-refractivity contribution in [2.45, 2.75) is 72.8 Å². The van der Waals surface area contributed by atoms with Crippen molar-refractivity contribution in [1.82, 2.24) is 5.32 Å². The summed E-state index contributed by atoms with van der Waals surface area (Å²) in [7, 11) is 0. The van der Waals surface area contributed by atoms with Crippen LogP contribution >= 0.6 is 11.3 Å². The lowest BCUT2D eigenvalue weighted by Crippen LogP contribution is -2.37. The number of hydrogen-bond donors (Lipinski definition) is 1. The van der Waals surface area contributed by atoms with Crippen LogP contribution in [0, 0.1) is 24.2 Å². The molecule has 2 heteroatoms. The van der Waals surface area contributed by atoms with Gasteiger partial charge in [0.15, 0.2) is 0 Å². The van der Waals surface area contributed by atoms with Gasteiger partial charge in [-0.05, 0) is 72.9 Å². The van der Waals surface area contributed by atoms with Gasteiger partial charge in [-0.3, -0.25) is 0 Å². The van der Waals surface area contributed by atoms with Crippen LogP contribution in [-0.4, -0.2) is 12.6 Å². The second-order valence-electron chi connectivity index (χ2n) is 8.27. The summed E-state index contributed by atoms with van der Waals surface area (Å²) in [5.41, 5.74) is 1.95. The fraction of sp³-hybridized carbons (Fsp3) is 0.789. The molecule has 2 rings (SSSR count). The highest BCUT2D eigenvalue weighted by Gasteiger charge is 2.37. The molecule has 1 aromatic heterocycles. The first kappa shape index (κ1) is 17.0. The van der Waals surface area contributed by atoms with Crippen LogP contribution in [-0.2, 0) is 0 Å².